The van der Waals surface area contributed by atoms with Crippen molar-refractivity contribution in [3.8, 4) is 11.5 Å². The van der Waals surface area contributed by atoms with Crippen LogP contribution in [0.5, 0.6) is 11.5 Å². The van der Waals surface area contributed by atoms with Crippen molar-refractivity contribution in [1.82, 2.24) is 10.2 Å². The Morgan fingerprint density at radius 3 is 2.16 bits per heavy atom. The number of fused-ring (bicyclic) bond motifs is 5. The molecule has 11 nitrogen and oxygen atoms in total. The Morgan fingerprint density at radius 1 is 0.733 bits per heavy atom. The maximum absolute atomic E-state index is 13.3. The molecule has 1 heterocycles. The van der Waals surface area contributed by atoms with Crippen molar-refractivity contribution in [2.45, 2.75) is 192 Å². The van der Waals surface area contributed by atoms with Crippen molar-refractivity contribution in [3.63, 3.8) is 0 Å². The maximum atomic E-state index is 13.3. The zero-order valence-corrected chi connectivity index (χ0v) is 46.2. The molecular formula is C64H90N2O9. The molecule has 1 amide bonds. The lowest BCUT2D eigenvalue weighted by molar-refractivity contribution is -0.151. The molecule has 10 atom stereocenters. The molecule has 2 N–H and O–H groups in total. The molecule has 11 heteroatoms. The molecule has 8 rings (SSSR count). The predicted octanol–water partition coefficient (Wildman–Crippen LogP) is 14.0. The molecule has 0 bridgehead atoms. The molecule has 4 aliphatic carbocycles. The number of esters is 1. The summed E-state index contributed by atoms with van der Waals surface area (Å²) >= 11 is 0. The Balaban J connectivity index is 0.853. The molecule has 1 saturated heterocycles. The summed E-state index contributed by atoms with van der Waals surface area (Å²) in [7, 11) is 3.30. The van der Waals surface area contributed by atoms with Gasteiger partial charge in [0, 0.05) is 25.9 Å². The van der Waals surface area contributed by atoms with Crippen LogP contribution in [0.25, 0.3) is 0 Å². The van der Waals surface area contributed by atoms with Crippen LogP contribution in [0.2, 0.25) is 0 Å². The first-order valence-electron chi connectivity index (χ1n) is 29.2. The van der Waals surface area contributed by atoms with Gasteiger partial charge in [-0.3, -0.25) is 14.5 Å². The molecule has 5 aliphatic rings. The number of carbonyl (C=O) groups excluding carboxylic acids is 2. The average Bonchev–Trinajstić information content (AvgIpc) is 4.00. The normalized spacial score (nSPS) is 28.0. The minimum absolute atomic E-state index is 0.0716. The van der Waals surface area contributed by atoms with Gasteiger partial charge in [0.1, 0.15) is 29.3 Å². The SMILES string of the molecule is CCCCCCCCC1CCC2C3CC=C4CC(OC(=O)NCCCCCCN5CC(OC(=O)CCC(=O)O)CC5C(OCc5ccc(OC)cc5)(c5ccccc5)c5ccc(OC)cc5)CCC4(C)C3CCC12C. The molecule has 3 aromatic carbocycles. The number of rotatable bonds is 27. The zero-order valence-electron chi connectivity index (χ0n) is 46.2. The highest BCUT2D eigenvalue weighted by Gasteiger charge is 2.58. The Hall–Kier alpha value is -4.87. The van der Waals surface area contributed by atoms with E-state index in [0.29, 0.717) is 31.5 Å². The first-order valence-corrected chi connectivity index (χ1v) is 29.2. The number of likely N-dealkylation sites (tertiary alicyclic amines) is 1. The van der Waals surface area contributed by atoms with Crippen LogP contribution in [0.3, 0.4) is 0 Å². The molecule has 4 fully saturated rings. The lowest BCUT2D eigenvalue weighted by atomic mass is 9.47. The first kappa shape index (κ1) is 56.3. The van der Waals surface area contributed by atoms with Crippen molar-refractivity contribution in [2.24, 2.45) is 34.5 Å². The third-order valence-corrected chi connectivity index (χ3v) is 19.1. The highest BCUT2D eigenvalue weighted by Crippen LogP contribution is 2.67. The number of allylic oxidation sites excluding steroid dienone is 1. The third kappa shape index (κ3) is 13.5. The van der Waals surface area contributed by atoms with Crippen LogP contribution in [-0.4, -0.2) is 80.1 Å². The summed E-state index contributed by atoms with van der Waals surface area (Å²) in [5, 5.41) is 12.4. The number of nitrogens with one attached hydrogen (secondary N) is 1. The van der Waals surface area contributed by atoms with Crippen molar-refractivity contribution < 1.29 is 43.2 Å². The van der Waals surface area contributed by atoms with Gasteiger partial charge in [-0.05, 0) is 146 Å². The van der Waals surface area contributed by atoms with Crippen LogP contribution in [0.1, 0.15) is 179 Å². The summed E-state index contributed by atoms with van der Waals surface area (Å²) in [5.41, 5.74) is 4.17. The van der Waals surface area contributed by atoms with Gasteiger partial charge >= 0.3 is 18.0 Å². The Kier molecular flexibility index (Phi) is 19.9. The second-order valence-corrected chi connectivity index (χ2v) is 23.5. The molecule has 0 aromatic heterocycles. The van der Waals surface area contributed by atoms with E-state index >= 15 is 0 Å². The van der Waals surface area contributed by atoms with Gasteiger partial charge in [0.25, 0.3) is 0 Å². The second-order valence-electron chi connectivity index (χ2n) is 23.5. The summed E-state index contributed by atoms with van der Waals surface area (Å²) in [6.07, 6.45) is 24.8. The number of alkyl carbamates (subject to hydrolysis) is 1. The van der Waals surface area contributed by atoms with E-state index in [2.05, 4.69) is 61.3 Å². The third-order valence-electron chi connectivity index (χ3n) is 19.1. The van der Waals surface area contributed by atoms with Gasteiger partial charge in [-0.2, -0.15) is 0 Å². The largest absolute Gasteiger partial charge is 0.497 e. The van der Waals surface area contributed by atoms with Gasteiger partial charge in [-0.25, -0.2) is 4.79 Å². The van der Waals surface area contributed by atoms with E-state index in [-0.39, 0.29) is 36.5 Å². The van der Waals surface area contributed by atoms with Gasteiger partial charge in [0.05, 0.1) is 39.7 Å². The first-order chi connectivity index (χ1) is 36.4. The molecular weight excluding hydrogens is 941 g/mol. The number of methoxy groups -OCH3 is 2. The fraction of sp³-hybridized carbons (Fsp3) is 0.641. The fourth-order valence-electron chi connectivity index (χ4n) is 15.0. The number of hydrogen-bond acceptors (Lipinski definition) is 9. The summed E-state index contributed by atoms with van der Waals surface area (Å²) in [5.74, 6) is 3.25. The monoisotopic (exact) mass is 1030 g/mol. The Labute approximate surface area is 449 Å². The zero-order chi connectivity index (χ0) is 52.8. The summed E-state index contributed by atoms with van der Waals surface area (Å²) in [4.78, 5) is 40.1. The molecule has 0 radical (unpaired) electrons. The number of carboxylic acid groups (broad SMARTS) is 1. The van der Waals surface area contributed by atoms with Gasteiger partial charge in [-0.15, -0.1) is 0 Å². The number of unbranched alkanes of at least 4 members (excludes halogenated alkanes) is 8. The fourth-order valence-corrected chi connectivity index (χ4v) is 15.0. The molecule has 75 heavy (non-hydrogen) atoms. The number of benzene rings is 3. The predicted molar refractivity (Wildman–Crippen MR) is 295 cm³/mol. The van der Waals surface area contributed by atoms with Gasteiger partial charge < -0.3 is 34.1 Å². The molecule has 0 spiro atoms. The minimum atomic E-state index is -1.03. The molecule has 1 aliphatic heterocycles. The average molecular weight is 1030 g/mol. The maximum Gasteiger partial charge on any atom is 0.407 e. The van der Waals surface area contributed by atoms with Gasteiger partial charge in [0.15, 0.2) is 0 Å². The molecule has 3 saturated carbocycles. The molecule has 10 unspecified atom stereocenters. The minimum Gasteiger partial charge on any atom is -0.497 e. The highest BCUT2D eigenvalue weighted by atomic mass is 16.6. The number of hydrogen-bond donors (Lipinski definition) is 2. The van der Waals surface area contributed by atoms with E-state index in [9.17, 15) is 19.5 Å². The van der Waals surface area contributed by atoms with E-state index in [4.69, 9.17) is 23.7 Å². The summed E-state index contributed by atoms with van der Waals surface area (Å²) in [6, 6.07) is 25.9. The number of carbonyl (C=O) groups is 3. The van der Waals surface area contributed by atoms with Crippen LogP contribution in [0.15, 0.2) is 90.5 Å². The second kappa shape index (κ2) is 26.5. The standard InChI is InChI=1S/C64H90N2O9/c1-6-7-8-9-10-14-19-47-27-33-56-55-32-26-50-42-53(36-38-63(50,3)57(55)37-39-62(47,56)2)75-61(70)65-40-17-11-12-18-41-66-44-54(74-60(69)35-34-59(67)68)43-58(66)64(48-20-15-13-16-21-48,49-24-30-52(72-5)31-25-49)73-45-46-22-28-51(71-4)29-23-46/h13,15-16,20-26,28-31,47,53-58H,6-12,14,17-19,27,32-45H2,1-5H3,(H,65,70)(H,67,68). The van der Waals surface area contributed by atoms with Crippen LogP contribution >= 0.6 is 0 Å². The van der Waals surface area contributed by atoms with Crippen molar-refractivity contribution in [2.75, 3.05) is 33.9 Å². The van der Waals surface area contributed by atoms with E-state index < -0.39 is 23.6 Å². The molecule has 3 aromatic rings. The Morgan fingerprint density at radius 2 is 1.43 bits per heavy atom. The van der Waals surface area contributed by atoms with E-state index in [0.717, 1.165) is 103 Å². The summed E-state index contributed by atoms with van der Waals surface area (Å²) < 4.78 is 30.6. The number of ether oxygens (including phenoxy) is 5. The van der Waals surface area contributed by atoms with Crippen LogP contribution in [0, 0.1) is 34.5 Å². The summed E-state index contributed by atoms with van der Waals surface area (Å²) in [6.45, 7) is 9.59. The van der Waals surface area contributed by atoms with Crippen LogP contribution < -0.4 is 14.8 Å². The number of aliphatic carboxylic acids is 1. The molecule has 410 valence electrons. The van der Waals surface area contributed by atoms with Crippen LogP contribution in [-0.2, 0) is 36.0 Å². The quantitative estimate of drug-likeness (QED) is 0.0432. The number of nitrogens with zero attached hydrogens (tertiary/aromatic N) is 1. The van der Waals surface area contributed by atoms with E-state index in [1.807, 2.05) is 54.6 Å². The lowest BCUT2D eigenvalue weighted by Crippen LogP contribution is -2.50. The van der Waals surface area contributed by atoms with Crippen molar-refractivity contribution in [1.29, 1.82) is 0 Å². The lowest BCUT2D eigenvalue weighted by Gasteiger charge is -2.58. The smallest absolute Gasteiger partial charge is 0.407 e. The van der Waals surface area contributed by atoms with E-state index in [1.54, 1.807) is 19.8 Å². The number of amides is 1. The van der Waals surface area contributed by atoms with Gasteiger partial charge in [0.2, 0.25) is 0 Å². The van der Waals surface area contributed by atoms with Crippen molar-refractivity contribution in [3.05, 3.63) is 107 Å². The van der Waals surface area contributed by atoms with E-state index in [1.165, 1.54) is 77.0 Å². The van der Waals surface area contributed by atoms with Crippen molar-refractivity contribution >= 4 is 18.0 Å². The Bertz CT molecular complexity index is 2320. The van der Waals surface area contributed by atoms with Gasteiger partial charge in [-0.1, -0.05) is 138 Å². The topological polar surface area (TPSA) is 133 Å². The van der Waals surface area contributed by atoms with Crippen LogP contribution in [0.4, 0.5) is 4.79 Å². The highest BCUT2D eigenvalue weighted by molar-refractivity contribution is 5.76. The number of carboxylic acids is 1.